The maximum atomic E-state index is 5.93. The van der Waals surface area contributed by atoms with Crippen LogP contribution >= 0.6 is 15.9 Å². The van der Waals surface area contributed by atoms with Crippen molar-refractivity contribution in [3.63, 3.8) is 0 Å². The van der Waals surface area contributed by atoms with Gasteiger partial charge in [-0.3, -0.25) is 11.3 Å². The Labute approximate surface area is 134 Å². The summed E-state index contributed by atoms with van der Waals surface area (Å²) in [6.45, 7) is 2.65. The van der Waals surface area contributed by atoms with Crippen LogP contribution in [-0.4, -0.2) is 12.6 Å². The molecular weight excluding hydrogens is 328 g/mol. The van der Waals surface area contributed by atoms with Gasteiger partial charge in [-0.15, -0.1) is 0 Å². The van der Waals surface area contributed by atoms with E-state index in [4.69, 9.17) is 10.6 Å². The van der Waals surface area contributed by atoms with Gasteiger partial charge >= 0.3 is 0 Å². The van der Waals surface area contributed by atoms with E-state index in [0.29, 0.717) is 6.61 Å². The number of halogens is 1. The summed E-state index contributed by atoms with van der Waals surface area (Å²) >= 11 is 3.45. The van der Waals surface area contributed by atoms with Crippen LogP contribution in [0.1, 0.15) is 24.2 Å². The molecule has 0 aromatic heterocycles. The van der Waals surface area contributed by atoms with Crippen LogP contribution in [0.25, 0.3) is 0 Å². The molecule has 2 aromatic carbocycles. The highest BCUT2D eigenvalue weighted by molar-refractivity contribution is 9.10. The van der Waals surface area contributed by atoms with Crippen LogP contribution in [0.5, 0.6) is 0 Å². The first-order valence-electron chi connectivity index (χ1n) is 7.11. The van der Waals surface area contributed by atoms with Crippen molar-refractivity contribution >= 4 is 15.9 Å². The van der Waals surface area contributed by atoms with Crippen LogP contribution in [0.3, 0.4) is 0 Å². The molecule has 2 aromatic rings. The lowest BCUT2D eigenvalue weighted by molar-refractivity contribution is 0.0332. The van der Waals surface area contributed by atoms with Gasteiger partial charge in [-0.25, -0.2) is 0 Å². The molecule has 0 radical (unpaired) electrons. The summed E-state index contributed by atoms with van der Waals surface area (Å²) < 4.78 is 7.00. The number of rotatable bonds is 7. The Morgan fingerprint density at radius 3 is 2.33 bits per heavy atom. The molecule has 0 fully saturated rings. The lowest BCUT2D eigenvalue weighted by atomic mass is 9.96. The molecule has 0 saturated carbocycles. The Bertz CT molecular complexity index is 530. The van der Waals surface area contributed by atoms with Crippen molar-refractivity contribution in [3.8, 4) is 0 Å². The zero-order chi connectivity index (χ0) is 15.1. The van der Waals surface area contributed by atoms with E-state index in [1.807, 2.05) is 37.3 Å². The summed E-state index contributed by atoms with van der Waals surface area (Å²) in [6.07, 6.45) is 0.744. The van der Waals surface area contributed by atoms with Crippen molar-refractivity contribution in [1.29, 1.82) is 0 Å². The molecule has 0 amide bonds. The predicted molar refractivity (Wildman–Crippen MR) is 89.8 cm³/mol. The minimum atomic E-state index is -0.0650. The van der Waals surface area contributed by atoms with Gasteiger partial charge in [-0.2, -0.15) is 0 Å². The van der Waals surface area contributed by atoms with Gasteiger partial charge in [-0.05, 0) is 36.6 Å². The number of ether oxygens (including phenoxy) is 1. The van der Waals surface area contributed by atoms with Crippen molar-refractivity contribution in [2.75, 3.05) is 6.61 Å². The lowest BCUT2D eigenvalue weighted by Gasteiger charge is -2.27. The smallest absolute Gasteiger partial charge is 0.0994 e. The Hall–Kier alpha value is -1.20. The van der Waals surface area contributed by atoms with E-state index in [1.165, 1.54) is 5.56 Å². The summed E-state index contributed by atoms with van der Waals surface area (Å²) in [5.41, 5.74) is 5.27. The molecule has 0 aliphatic heterocycles. The molecule has 0 bridgehead atoms. The van der Waals surface area contributed by atoms with E-state index < -0.39 is 0 Å². The molecule has 2 rings (SSSR count). The van der Waals surface area contributed by atoms with E-state index >= 15 is 0 Å². The minimum absolute atomic E-state index is 0.0218. The van der Waals surface area contributed by atoms with E-state index in [0.717, 1.165) is 16.5 Å². The summed E-state index contributed by atoms with van der Waals surface area (Å²) in [7, 11) is 0. The van der Waals surface area contributed by atoms with E-state index in [2.05, 4.69) is 45.6 Å². The second-order valence-corrected chi connectivity index (χ2v) is 5.81. The third kappa shape index (κ3) is 4.64. The molecule has 4 heteroatoms. The van der Waals surface area contributed by atoms with Crippen LogP contribution in [-0.2, 0) is 11.2 Å². The first-order valence-corrected chi connectivity index (χ1v) is 7.91. The highest BCUT2D eigenvalue weighted by atomic mass is 79.9. The molecule has 3 N–H and O–H groups in total. The highest BCUT2D eigenvalue weighted by Gasteiger charge is 2.22. The third-order valence-corrected chi connectivity index (χ3v) is 3.95. The summed E-state index contributed by atoms with van der Waals surface area (Å²) in [5.74, 6) is 5.78. The summed E-state index contributed by atoms with van der Waals surface area (Å²) in [6, 6.07) is 18.5. The van der Waals surface area contributed by atoms with Crippen molar-refractivity contribution in [1.82, 2.24) is 5.43 Å². The Balaban J connectivity index is 2.17. The zero-order valence-corrected chi connectivity index (χ0v) is 13.7. The van der Waals surface area contributed by atoms with E-state index in [9.17, 15) is 0 Å². The van der Waals surface area contributed by atoms with Gasteiger partial charge in [0.05, 0.1) is 12.1 Å². The maximum absolute atomic E-state index is 5.93. The van der Waals surface area contributed by atoms with Crippen LogP contribution < -0.4 is 11.3 Å². The molecule has 3 nitrogen and oxygen atoms in total. The lowest BCUT2D eigenvalue weighted by Crippen LogP contribution is -2.42. The van der Waals surface area contributed by atoms with Gasteiger partial charge in [0.2, 0.25) is 0 Å². The molecule has 2 atom stereocenters. The zero-order valence-electron chi connectivity index (χ0n) is 12.1. The highest BCUT2D eigenvalue weighted by Crippen LogP contribution is 2.24. The van der Waals surface area contributed by atoms with Crippen LogP contribution in [0.4, 0.5) is 0 Å². The quantitative estimate of drug-likeness (QED) is 0.593. The first kappa shape index (κ1) is 16.2. The second kappa shape index (κ2) is 8.29. The van der Waals surface area contributed by atoms with Crippen LogP contribution in [0, 0.1) is 0 Å². The average Bonchev–Trinajstić information content (AvgIpc) is 2.53. The molecule has 0 heterocycles. The topological polar surface area (TPSA) is 47.3 Å². The Morgan fingerprint density at radius 2 is 1.76 bits per heavy atom. The monoisotopic (exact) mass is 348 g/mol. The van der Waals surface area contributed by atoms with Gasteiger partial charge in [0.25, 0.3) is 0 Å². The van der Waals surface area contributed by atoms with Crippen molar-refractivity contribution in [2.45, 2.75) is 25.5 Å². The molecule has 0 spiro atoms. The number of hydrazine groups is 1. The number of hydrogen-bond acceptors (Lipinski definition) is 3. The van der Waals surface area contributed by atoms with Gasteiger partial charge in [0.15, 0.2) is 0 Å². The molecule has 0 aliphatic carbocycles. The fraction of sp³-hybridized carbons (Fsp3) is 0.294. The summed E-state index contributed by atoms with van der Waals surface area (Å²) in [4.78, 5) is 0. The van der Waals surface area contributed by atoms with Crippen LogP contribution in [0.2, 0.25) is 0 Å². The minimum Gasteiger partial charge on any atom is -0.372 e. The second-order valence-electron chi connectivity index (χ2n) is 4.89. The number of hydrogen-bond donors (Lipinski definition) is 2. The Kier molecular flexibility index (Phi) is 6.39. The fourth-order valence-electron chi connectivity index (χ4n) is 2.39. The van der Waals surface area contributed by atoms with Crippen LogP contribution in [0.15, 0.2) is 59.1 Å². The number of nitrogens with two attached hydrogens (primary N) is 1. The number of benzene rings is 2. The third-order valence-electron chi connectivity index (χ3n) is 3.42. The van der Waals surface area contributed by atoms with Gasteiger partial charge < -0.3 is 4.74 Å². The van der Waals surface area contributed by atoms with Gasteiger partial charge in [0, 0.05) is 11.1 Å². The first-order chi connectivity index (χ1) is 10.2. The molecule has 21 heavy (non-hydrogen) atoms. The average molecular weight is 349 g/mol. The largest absolute Gasteiger partial charge is 0.372 e. The Morgan fingerprint density at radius 1 is 1.10 bits per heavy atom. The predicted octanol–water partition coefficient (Wildman–Crippen LogP) is 3.60. The molecule has 0 saturated heterocycles. The van der Waals surface area contributed by atoms with E-state index in [-0.39, 0.29) is 12.1 Å². The van der Waals surface area contributed by atoms with Crippen molar-refractivity contribution < 1.29 is 4.74 Å². The summed E-state index contributed by atoms with van der Waals surface area (Å²) in [5, 5.41) is 0. The number of nitrogens with one attached hydrogen (secondary N) is 1. The maximum Gasteiger partial charge on any atom is 0.0994 e. The van der Waals surface area contributed by atoms with E-state index in [1.54, 1.807) is 0 Å². The van der Waals surface area contributed by atoms with Crippen molar-refractivity contribution in [2.24, 2.45) is 5.84 Å². The molecule has 2 unspecified atom stereocenters. The molecule has 112 valence electrons. The normalized spacial score (nSPS) is 13.9. The fourth-order valence-corrected chi connectivity index (χ4v) is 2.66. The van der Waals surface area contributed by atoms with Crippen molar-refractivity contribution in [3.05, 3.63) is 70.2 Å². The molecule has 0 aliphatic rings. The SMILES string of the molecule is CCOC(c1ccccc1)C(Cc1ccc(Br)cc1)NN. The molecular formula is C17H21BrN2O. The standard InChI is InChI=1S/C17H21BrN2O/c1-2-21-17(14-6-4-3-5-7-14)16(20-19)12-13-8-10-15(18)11-9-13/h3-11,16-17,20H,2,12,19H2,1H3. The van der Waals surface area contributed by atoms with Gasteiger partial charge in [0.1, 0.15) is 0 Å². The van der Waals surface area contributed by atoms with Gasteiger partial charge in [-0.1, -0.05) is 58.4 Å².